The van der Waals surface area contributed by atoms with E-state index in [0.29, 0.717) is 5.41 Å². The van der Waals surface area contributed by atoms with Crippen LogP contribution in [0.2, 0.25) is 0 Å². The lowest BCUT2D eigenvalue weighted by Crippen LogP contribution is -2.14. The van der Waals surface area contributed by atoms with Gasteiger partial charge in [0.1, 0.15) is 0 Å². The minimum Gasteiger partial charge on any atom is -0.393 e. The summed E-state index contributed by atoms with van der Waals surface area (Å²) in [4.78, 5) is 0. The maximum Gasteiger partial charge on any atom is 0.0512 e. The summed E-state index contributed by atoms with van der Waals surface area (Å²) in [5.74, 6) is 0. The molecule has 0 saturated heterocycles. The van der Waals surface area contributed by atoms with Crippen LogP contribution in [-0.2, 0) is 0 Å². The predicted octanol–water partition coefficient (Wildman–Crippen LogP) is 4.92. The van der Waals surface area contributed by atoms with Crippen LogP contribution < -0.4 is 0 Å². The molecule has 0 aliphatic carbocycles. The van der Waals surface area contributed by atoms with Crippen LogP contribution in [0.15, 0.2) is 0 Å². The normalized spacial score (nSPS) is 14.1. The summed E-state index contributed by atoms with van der Waals surface area (Å²) in [5, 5.41) is 9.28. The second-order valence-corrected chi connectivity index (χ2v) is 6.07. The Morgan fingerprint density at radius 2 is 1.50 bits per heavy atom. The lowest BCUT2D eigenvalue weighted by Gasteiger charge is -2.25. The smallest absolute Gasteiger partial charge is 0.0512 e. The molecule has 1 atom stereocenters. The maximum absolute atomic E-state index is 9.28. The second-order valence-electron chi connectivity index (χ2n) is 6.07. The highest BCUT2D eigenvalue weighted by molar-refractivity contribution is 4.69. The van der Waals surface area contributed by atoms with Crippen LogP contribution in [0.5, 0.6) is 0 Å². The first-order valence-electron chi connectivity index (χ1n) is 7.16. The van der Waals surface area contributed by atoms with E-state index in [2.05, 4.69) is 20.8 Å². The molecule has 1 nitrogen and oxygen atoms in total. The number of aliphatic hydroxyl groups is 1. The minimum atomic E-state index is -0.135. The monoisotopic (exact) mass is 228 g/mol. The summed E-state index contributed by atoms with van der Waals surface area (Å²) < 4.78 is 0. The zero-order chi connectivity index (χ0) is 12.4. The van der Waals surface area contributed by atoms with E-state index in [1.54, 1.807) is 0 Å². The van der Waals surface area contributed by atoms with Gasteiger partial charge >= 0.3 is 0 Å². The van der Waals surface area contributed by atoms with E-state index in [0.717, 1.165) is 12.8 Å². The summed E-state index contributed by atoms with van der Waals surface area (Å²) >= 11 is 0. The van der Waals surface area contributed by atoms with E-state index in [4.69, 9.17) is 0 Å². The molecular weight excluding hydrogens is 196 g/mol. The van der Waals surface area contributed by atoms with Crippen LogP contribution in [0.25, 0.3) is 0 Å². The van der Waals surface area contributed by atoms with Crippen molar-refractivity contribution >= 4 is 0 Å². The van der Waals surface area contributed by atoms with E-state index in [1.165, 1.54) is 44.9 Å². The molecule has 16 heavy (non-hydrogen) atoms. The van der Waals surface area contributed by atoms with Crippen molar-refractivity contribution in [3.8, 4) is 0 Å². The van der Waals surface area contributed by atoms with Crippen molar-refractivity contribution in [1.82, 2.24) is 0 Å². The third kappa shape index (κ3) is 10.5. The van der Waals surface area contributed by atoms with Crippen molar-refractivity contribution in [1.29, 1.82) is 0 Å². The molecule has 0 heterocycles. The van der Waals surface area contributed by atoms with Gasteiger partial charge in [-0.1, -0.05) is 59.3 Å². The lowest BCUT2D eigenvalue weighted by molar-refractivity contribution is 0.154. The minimum absolute atomic E-state index is 0.135. The molecule has 0 bridgehead atoms. The van der Waals surface area contributed by atoms with Crippen LogP contribution in [0.1, 0.15) is 85.5 Å². The zero-order valence-corrected chi connectivity index (χ0v) is 11.9. The molecule has 0 spiro atoms. The van der Waals surface area contributed by atoms with Crippen molar-refractivity contribution in [2.45, 2.75) is 91.6 Å². The molecule has 1 unspecified atom stereocenters. The fourth-order valence-corrected chi connectivity index (χ4v) is 2.11. The van der Waals surface area contributed by atoms with Gasteiger partial charge in [-0.05, 0) is 31.6 Å². The predicted molar refractivity (Wildman–Crippen MR) is 72.7 cm³/mol. The highest BCUT2D eigenvalue weighted by atomic mass is 16.3. The van der Waals surface area contributed by atoms with Crippen LogP contribution in [0.4, 0.5) is 0 Å². The number of hydrogen-bond donors (Lipinski definition) is 1. The summed E-state index contributed by atoms with van der Waals surface area (Å²) in [6.07, 6.45) is 11.6. The standard InChI is InChI=1S/C15H32O/c1-5-6-7-8-9-10-12-15(3,4)13-11-14(2)16/h14,16H,5-13H2,1-4H3. The largest absolute Gasteiger partial charge is 0.393 e. The molecule has 0 radical (unpaired) electrons. The molecule has 0 aromatic heterocycles. The first-order valence-corrected chi connectivity index (χ1v) is 7.16. The van der Waals surface area contributed by atoms with E-state index in [9.17, 15) is 5.11 Å². The molecule has 1 N–H and O–H groups in total. The van der Waals surface area contributed by atoms with Gasteiger partial charge in [-0.15, -0.1) is 0 Å². The Labute approximate surface area is 103 Å². The number of unbranched alkanes of at least 4 members (excludes halogenated alkanes) is 5. The quantitative estimate of drug-likeness (QED) is 0.526. The fourth-order valence-electron chi connectivity index (χ4n) is 2.11. The van der Waals surface area contributed by atoms with Crippen LogP contribution >= 0.6 is 0 Å². The third-order valence-electron chi connectivity index (χ3n) is 3.45. The average molecular weight is 228 g/mol. The Kier molecular flexibility index (Phi) is 9.02. The molecule has 98 valence electrons. The maximum atomic E-state index is 9.28. The van der Waals surface area contributed by atoms with Gasteiger partial charge in [0.25, 0.3) is 0 Å². The topological polar surface area (TPSA) is 20.2 Å². The van der Waals surface area contributed by atoms with Gasteiger partial charge in [-0.3, -0.25) is 0 Å². The first-order chi connectivity index (χ1) is 7.48. The van der Waals surface area contributed by atoms with E-state index >= 15 is 0 Å². The van der Waals surface area contributed by atoms with Crippen molar-refractivity contribution in [3.05, 3.63) is 0 Å². The Bertz CT molecular complexity index is 150. The molecule has 0 amide bonds. The highest BCUT2D eigenvalue weighted by Crippen LogP contribution is 2.30. The van der Waals surface area contributed by atoms with Crippen molar-refractivity contribution in [3.63, 3.8) is 0 Å². The van der Waals surface area contributed by atoms with Crippen molar-refractivity contribution in [2.24, 2.45) is 5.41 Å². The van der Waals surface area contributed by atoms with Gasteiger partial charge in [-0.25, -0.2) is 0 Å². The van der Waals surface area contributed by atoms with Crippen molar-refractivity contribution in [2.75, 3.05) is 0 Å². The number of hydrogen-bond acceptors (Lipinski definition) is 1. The molecule has 0 aromatic rings. The van der Waals surface area contributed by atoms with E-state index in [1.807, 2.05) is 6.92 Å². The molecule has 0 saturated carbocycles. The lowest BCUT2D eigenvalue weighted by atomic mass is 9.82. The summed E-state index contributed by atoms with van der Waals surface area (Å²) in [6.45, 7) is 8.82. The van der Waals surface area contributed by atoms with Gasteiger partial charge in [-0.2, -0.15) is 0 Å². The molecule has 0 aromatic carbocycles. The van der Waals surface area contributed by atoms with Gasteiger partial charge in [0.2, 0.25) is 0 Å². The van der Waals surface area contributed by atoms with Gasteiger partial charge in [0.15, 0.2) is 0 Å². The van der Waals surface area contributed by atoms with Crippen molar-refractivity contribution < 1.29 is 5.11 Å². The highest BCUT2D eigenvalue weighted by Gasteiger charge is 2.17. The molecule has 0 aliphatic rings. The average Bonchev–Trinajstić information content (AvgIpc) is 2.21. The number of rotatable bonds is 10. The Morgan fingerprint density at radius 1 is 0.938 bits per heavy atom. The summed E-state index contributed by atoms with van der Waals surface area (Å²) in [5.41, 5.74) is 0.418. The number of aliphatic hydroxyl groups excluding tert-OH is 1. The molecule has 0 rings (SSSR count). The summed E-state index contributed by atoms with van der Waals surface area (Å²) in [7, 11) is 0. The van der Waals surface area contributed by atoms with Gasteiger partial charge in [0.05, 0.1) is 6.10 Å². The van der Waals surface area contributed by atoms with Crippen LogP contribution in [-0.4, -0.2) is 11.2 Å². The zero-order valence-electron chi connectivity index (χ0n) is 11.9. The van der Waals surface area contributed by atoms with Crippen LogP contribution in [0.3, 0.4) is 0 Å². The van der Waals surface area contributed by atoms with Gasteiger partial charge in [0, 0.05) is 0 Å². The Morgan fingerprint density at radius 3 is 2.06 bits per heavy atom. The van der Waals surface area contributed by atoms with Crippen LogP contribution in [0, 0.1) is 5.41 Å². The summed E-state index contributed by atoms with van der Waals surface area (Å²) in [6, 6.07) is 0. The fraction of sp³-hybridized carbons (Fsp3) is 1.00. The molecular formula is C15H32O. The first kappa shape index (κ1) is 16.0. The molecule has 0 aliphatic heterocycles. The molecule has 1 heteroatoms. The van der Waals surface area contributed by atoms with Gasteiger partial charge < -0.3 is 5.11 Å². The third-order valence-corrected chi connectivity index (χ3v) is 3.45. The van der Waals surface area contributed by atoms with E-state index < -0.39 is 0 Å². The Balaban J connectivity index is 3.42. The second kappa shape index (κ2) is 9.04. The SMILES string of the molecule is CCCCCCCCC(C)(C)CCC(C)O. The molecule has 0 fully saturated rings. The Hall–Kier alpha value is -0.0400. The van der Waals surface area contributed by atoms with E-state index in [-0.39, 0.29) is 6.10 Å².